The molecule has 2 heterocycles. The lowest BCUT2D eigenvalue weighted by Gasteiger charge is -2.23. The second kappa shape index (κ2) is 7.13. The van der Waals surface area contributed by atoms with E-state index >= 15 is 0 Å². The quantitative estimate of drug-likeness (QED) is 0.872. The van der Waals surface area contributed by atoms with Gasteiger partial charge in [0.15, 0.2) is 0 Å². The van der Waals surface area contributed by atoms with Crippen LogP contribution in [-0.2, 0) is 26.0 Å². The number of carbonyl (C=O) groups is 2. The molecular formula is C17H23N3O4S. The molecular weight excluding hydrogens is 342 g/mol. The number of amides is 2. The second-order valence-electron chi connectivity index (χ2n) is 6.36. The van der Waals surface area contributed by atoms with E-state index in [1.807, 2.05) is 6.92 Å². The van der Waals surface area contributed by atoms with Gasteiger partial charge in [0, 0.05) is 44.7 Å². The van der Waals surface area contributed by atoms with Crippen molar-refractivity contribution in [2.75, 3.05) is 31.5 Å². The van der Waals surface area contributed by atoms with Gasteiger partial charge in [-0.2, -0.15) is 4.31 Å². The molecule has 136 valence electrons. The van der Waals surface area contributed by atoms with Crippen molar-refractivity contribution in [1.82, 2.24) is 9.21 Å². The Labute approximate surface area is 148 Å². The van der Waals surface area contributed by atoms with Crippen LogP contribution in [0.25, 0.3) is 0 Å². The molecule has 25 heavy (non-hydrogen) atoms. The molecule has 0 bridgehead atoms. The fourth-order valence-electron chi connectivity index (χ4n) is 3.28. The molecule has 1 aromatic rings. The molecule has 0 radical (unpaired) electrons. The number of nitrogens with zero attached hydrogens (tertiary/aromatic N) is 2. The third kappa shape index (κ3) is 3.69. The summed E-state index contributed by atoms with van der Waals surface area (Å²) in [7, 11) is -3.61. The number of sulfonamides is 1. The van der Waals surface area contributed by atoms with E-state index in [1.54, 1.807) is 23.1 Å². The molecule has 1 saturated heterocycles. The number of hydrogen-bond donors (Lipinski definition) is 1. The molecule has 1 aromatic carbocycles. The largest absolute Gasteiger partial charge is 0.341 e. The van der Waals surface area contributed by atoms with Gasteiger partial charge in [-0.3, -0.25) is 9.59 Å². The molecule has 0 atom stereocenters. The van der Waals surface area contributed by atoms with Gasteiger partial charge in [-0.1, -0.05) is 6.92 Å². The van der Waals surface area contributed by atoms with E-state index in [9.17, 15) is 18.0 Å². The molecule has 8 heteroatoms. The van der Waals surface area contributed by atoms with Crippen molar-refractivity contribution < 1.29 is 18.0 Å². The van der Waals surface area contributed by atoms with Gasteiger partial charge >= 0.3 is 0 Å². The lowest BCUT2D eigenvalue weighted by atomic mass is 10.0. The van der Waals surface area contributed by atoms with E-state index in [0.29, 0.717) is 57.5 Å². The first-order valence-corrected chi connectivity index (χ1v) is 10.1. The normalized spacial score (nSPS) is 19.1. The number of nitrogens with one attached hydrogen (secondary N) is 1. The van der Waals surface area contributed by atoms with Crippen LogP contribution in [0.3, 0.4) is 0 Å². The molecule has 2 amide bonds. The summed E-state index contributed by atoms with van der Waals surface area (Å²) in [6.07, 6.45) is 1.98. The number of carbonyl (C=O) groups excluding carboxylic acids is 2. The number of aryl methyl sites for hydroxylation is 1. The third-order valence-electron chi connectivity index (χ3n) is 4.72. The molecule has 0 aliphatic carbocycles. The standard InChI is InChI=1S/C17H23N3O4S/c1-2-17(22)19-8-3-9-20(11-10-19)25(23,24)14-5-6-15-13(12-14)4-7-16(21)18-15/h5-6,12H,2-4,7-11H2,1H3,(H,18,21). The van der Waals surface area contributed by atoms with Gasteiger partial charge < -0.3 is 10.2 Å². The van der Waals surface area contributed by atoms with E-state index in [4.69, 9.17) is 0 Å². The van der Waals surface area contributed by atoms with Crippen LogP contribution in [0, 0.1) is 0 Å². The van der Waals surface area contributed by atoms with E-state index in [2.05, 4.69) is 5.32 Å². The van der Waals surface area contributed by atoms with Gasteiger partial charge in [0.05, 0.1) is 4.90 Å². The molecule has 0 spiro atoms. The van der Waals surface area contributed by atoms with Crippen molar-refractivity contribution in [1.29, 1.82) is 0 Å². The van der Waals surface area contributed by atoms with E-state index in [0.717, 1.165) is 5.56 Å². The Morgan fingerprint density at radius 3 is 2.72 bits per heavy atom. The van der Waals surface area contributed by atoms with Gasteiger partial charge in [-0.05, 0) is 36.6 Å². The highest BCUT2D eigenvalue weighted by molar-refractivity contribution is 7.89. The summed E-state index contributed by atoms with van der Waals surface area (Å²) in [5.41, 5.74) is 1.53. The maximum Gasteiger partial charge on any atom is 0.243 e. The number of rotatable bonds is 3. The zero-order chi connectivity index (χ0) is 18.0. The lowest BCUT2D eigenvalue weighted by molar-refractivity contribution is -0.130. The molecule has 7 nitrogen and oxygen atoms in total. The van der Waals surface area contributed by atoms with Crippen molar-refractivity contribution in [3.8, 4) is 0 Å². The minimum Gasteiger partial charge on any atom is -0.341 e. The molecule has 1 N–H and O–H groups in total. The van der Waals surface area contributed by atoms with E-state index < -0.39 is 10.0 Å². The first-order chi connectivity index (χ1) is 11.9. The van der Waals surface area contributed by atoms with Crippen molar-refractivity contribution in [3.63, 3.8) is 0 Å². The average molecular weight is 365 g/mol. The van der Waals surface area contributed by atoms with Crippen molar-refractivity contribution >= 4 is 27.5 Å². The molecule has 2 aliphatic rings. The lowest BCUT2D eigenvalue weighted by Crippen LogP contribution is -2.37. The van der Waals surface area contributed by atoms with Gasteiger partial charge in [0.1, 0.15) is 0 Å². The summed E-state index contributed by atoms with van der Waals surface area (Å²) in [6.45, 7) is 3.54. The van der Waals surface area contributed by atoms with Gasteiger partial charge in [0.2, 0.25) is 21.8 Å². The van der Waals surface area contributed by atoms with E-state index in [1.165, 1.54) is 4.31 Å². The van der Waals surface area contributed by atoms with Gasteiger partial charge in [-0.25, -0.2) is 8.42 Å². The summed E-state index contributed by atoms with van der Waals surface area (Å²) in [6, 6.07) is 4.85. The van der Waals surface area contributed by atoms with Crippen molar-refractivity contribution in [2.45, 2.75) is 37.5 Å². The van der Waals surface area contributed by atoms with Crippen LogP contribution in [0.5, 0.6) is 0 Å². The summed E-state index contributed by atoms with van der Waals surface area (Å²) in [4.78, 5) is 25.3. The first kappa shape index (κ1) is 17.9. The fraction of sp³-hybridized carbons (Fsp3) is 0.529. The monoisotopic (exact) mass is 365 g/mol. The Kier molecular flexibility index (Phi) is 5.10. The summed E-state index contributed by atoms with van der Waals surface area (Å²) in [5.74, 6) is 0.0140. The first-order valence-electron chi connectivity index (χ1n) is 8.62. The molecule has 2 aliphatic heterocycles. The maximum absolute atomic E-state index is 13.0. The predicted molar refractivity (Wildman–Crippen MR) is 93.6 cm³/mol. The highest BCUT2D eigenvalue weighted by Gasteiger charge is 2.29. The maximum atomic E-state index is 13.0. The second-order valence-corrected chi connectivity index (χ2v) is 8.30. The molecule has 1 fully saturated rings. The van der Waals surface area contributed by atoms with Gasteiger partial charge in [-0.15, -0.1) is 0 Å². The molecule has 0 unspecified atom stereocenters. The number of fused-ring (bicyclic) bond motifs is 1. The highest BCUT2D eigenvalue weighted by Crippen LogP contribution is 2.27. The van der Waals surface area contributed by atoms with Crippen LogP contribution in [0.15, 0.2) is 23.1 Å². The Balaban J connectivity index is 1.80. The van der Waals surface area contributed by atoms with Gasteiger partial charge in [0.25, 0.3) is 0 Å². The summed E-state index contributed by atoms with van der Waals surface area (Å²) in [5, 5.41) is 2.76. The number of hydrogen-bond acceptors (Lipinski definition) is 4. The van der Waals surface area contributed by atoms with Crippen molar-refractivity contribution in [3.05, 3.63) is 23.8 Å². The molecule has 3 rings (SSSR count). The van der Waals surface area contributed by atoms with Crippen LogP contribution in [0.2, 0.25) is 0 Å². The van der Waals surface area contributed by atoms with Crippen LogP contribution in [0.4, 0.5) is 5.69 Å². The Morgan fingerprint density at radius 2 is 1.96 bits per heavy atom. The Morgan fingerprint density at radius 1 is 1.16 bits per heavy atom. The topological polar surface area (TPSA) is 86.8 Å². The zero-order valence-electron chi connectivity index (χ0n) is 14.3. The van der Waals surface area contributed by atoms with Crippen LogP contribution in [0.1, 0.15) is 31.7 Å². The smallest absolute Gasteiger partial charge is 0.243 e. The number of benzene rings is 1. The van der Waals surface area contributed by atoms with E-state index in [-0.39, 0.29) is 16.7 Å². The fourth-order valence-corrected chi connectivity index (χ4v) is 4.80. The van der Waals surface area contributed by atoms with Crippen molar-refractivity contribution in [2.24, 2.45) is 0 Å². The minimum absolute atomic E-state index is 0.0451. The third-order valence-corrected chi connectivity index (χ3v) is 6.61. The molecule has 0 aromatic heterocycles. The number of anilines is 1. The van der Waals surface area contributed by atoms with Crippen LogP contribution in [-0.4, -0.2) is 55.6 Å². The van der Waals surface area contributed by atoms with Crippen LogP contribution < -0.4 is 5.32 Å². The average Bonchev–Trinajstić information content (AvgIpc) is 2.87. The Hall–Kier alpha value is -1.93. The summed E-state index contributed by atoms with van der Waals surface area (Å²) < 4.78 is 27.4. The zero-order valence-corrected chi connectivity index (χ0v) is 15.1. The van der Waals surface area contributed by atoms with Crippen LogP contribution >= 0.6 is 0 Å². The SMILES string of the molecule is CCC(=O)N1CCCN(S(=O)(=O)c2ccc3c(c2)CCC(=O)N3)CC1. The minimum atomic E-state index is -3.61. The highest BCUT2D eigenvalue weighted by atomic mass is 32.2. The predicted octanol–water partition coefficient (Wildman–Crippen LogP) is 1.20. The molecule has 0 saturated carbocycles. The Bertz CT molecular complexity index is 791. The summed E-state index contributed by atoms with van der Waals surface area (Å²) >= 11 is 0.